The van der Waals surface area contributed by atoms with Gasteiger partial charge in [-0.3, -0.25) is 4.21 Å². The molecule has 2 rings (SSSR count). The number of hydrogen-bond acceptors (Lipinski definition) is 3. The van der Waals surface area contributed by atoms with Gasteiger partial charge in [0.15, 0.2) is 0 Å². The molecule has 1 aromatic rings. The lowest BCUT2D eigenvalue weighted by molar-refractivity contribution is 0.467. The minimum atomic E-state index is -0.676. The minimum Gasteiger partial charge on any atom is -0.310 e. The molecule has 1 fully saturated rings. The average Bonchev–Trinajstić information content (AvgIpc) is 2.40. The zero-order chi connectivity index (χ0) is 13.0. The molecule has 0 aliphatic carbocycles. The molecule has 3 nitrogen and oxygen atoms in total. The van der Waals surface area contributed by atoms with Crippen molar-refractivity contribution in [1.29, 1.82) is 5.26 Å². The highest BCUT2D eigenvalue weighted by molar-refractivity contribution is 7.85. The highest BCUT2D eigenvalue weighted by atomic mass is 32.2. The highest BCUT2D eigenvalue weighted by Gasteiger charge is 2.17. The number of benzene rings is 1. The summed E-state index contributed by atoms with van der Waals surface area (Å²) in [5.41, 5.74) is 0.985. The van der Waals surface area contributed by atoms with Crippen LogP contribution in [0.2, 0.25) is 0 Å². The molecule has 5 heteroatoms. The molecule has 0 aromatic heterocycles. The quantitative estimate of drug-likeness (QED) is 0.906. The molecule has 1 saturated heterocycles. The van der Waals surface area contributed by atoms with Crippen LogP contribution in [-0.2, 0) is 17.3 Å². The number of nitrogens with zero attached hydrogens (tertiary/aromatic N) is 1. The Labute approximate surface area is 108 Å². The second kappa shape index (κ2) is 6.07. The Balaban J connectivity index is 1.94. The molecule has 0 radical (unpaired) electrons. The van der Waals surface area contributed by atoms with Crippen molar-refractivity contribution in [1.82, 2.24) is 5.32 Å². The third-order valence-corrected chi connectivity index (χ3v) is 4.53. The molecular formula is C13H15FN2OS. The standard InChI is InChI=1S/C13H15FN2OS/c14-13-2-1-10(8-15)7-11(13)9-16-12-3-5-18(17)6-4-12/h1-2,7,12,16H,3-6,9H2. The van der Waals surface area contributed by atoms with Gasteiger partial charge in [0, 0.05) is 40.5 Å². The van der Waals surface area contributed by atoms with Crippen molar-refractivity contribution in [3.8, 4) is 6.07 Å². The lowest BCUT2D eigenvalue weighted by atomic mass is 10.1. The summed E-state index contributed by atoms with van der Waals surface area (Å²) in [4.78, 5) is 0. The Morgan fingerprint density at radius 1 is 1.44 bits per heavy atom. The monoisotopic (exact) mass is 266 g/mol. The van der Waals surface area contributed by atoms with Gasteiger partial charge in [-0.15, -0.1) is 0 Å². The molecule has 18 heavy (non-hydrogen) atoms. The van der Waals surface area contributed by atoms with Crippen LogP contribution in [0.5, 0.6) is 0 Å². The predicted molar refractivity (Wildman–Crippen MR) is 68.9 cm³/mol. The van der Waals surface area contributed by atoms with E-state index in [2.05, 4.69) is 5.32 Å². The van der Waals surface area contributed by atoms with Crippen LogP contribution in [0.25, 0.3) is 0 Å². The second-order valence-corrected chi connectivity index (χ2v) is 6.12. The summed E-state index contributed by atoms with van der Waals surface area (Å²) >= 11 is 0. The minimum absolute atomic E-state index is 0.291. The first-order chi connectivity index (χ1) is 8.69. The molecule has 0 saturated carbocycles. The fourth-order valence-electron chi connectivity index (χ4n) is 2.03. The van der Waals surface area contributed by atoms with Crippen molar-refractivity contribution >= 4 is 10.8 Å². The highest BCUT2D eigenvalue weighted by Crippen LogP contribution is 2.13. The summed E-state index contributed by atoms with van der Waals surface area (Å²) in [5.74, 6) is 1.15. The third kappa shape index (κ3) is 3.37. The SMILES string of the molecule is N#Cc1ccc(F)c(CNC2CCS(=O)CC2)c1. The number of rotatable bonds is 3. The largest absolute Gasteiger partial charge is 0.310 e. The lowest BCUT2D eigenvalue weighted by Crippen LogP contribution is -2.35. The maximum absolute atomic E-state index is 13.5. The van der Waals surface area contributed by atoms with Gasteiger partial charge in [0.05, 0.1) is 11.6 Å². The number of nitriles is 1. The van der Waals surface area contributed by atoms with Crippen molar-refractivity contribution in [2.24, 2.45) is 0 Å². The summed E-state index contributed by atoms with van der Waals surface area (Å²) in [6.45, 7) is 0.415. The first-order valence-electron chi connectivity index (χ1n) is 5.96. The Bertz CT molecular complexity index is 488. The van der Waals surface area contributed by atoms with E-state index in [1.807, 2.05) is 6.07 Å². The van der Waals surface area contributed by atoms with Gasteiger partial charge in [0.1, 0.15) is 5.82 Å². The van der Waals surface area contributed by atoms with Crippen LogP contribution in [0.3, 0.4) is 0 Å². The molecule has 1 aliphatic heterocycles. The molecule has 0 atom stereocenters. The van der Waals surface area contributed by atoms with Gasteiger partial charge in [-0.1, -0.05) is 0 Å². The van der Waals surface area contributed by atoms with E-state index in [9.17, 15) is 8.60 Å². The molecular weight excluding hydrogens is 251 g/mol. The first-order valence-corrected chi connectivity index (χ1v) is 7.44. The zero-order valence-electron chi connectivity index (χ0n) is 9.99. The van der Waals surface area contributed by atoms with Gasteiger partial charge >= 0.3 is 0 Å². The summed E-state index contributed by atoms with van der Waals surface area (Å²) in [5, 5.41) is 12.0. The number of hydrogen-bond donors (Lipinski definition) is 1. The van der Waals surface area contributed by atoms with Gasteiger partial charge in [0.2, 0.25) is 0 Å². The normalized spacial score (nSPS) is 23.6. The molecule has 0 spiro atoms. The van der Waals surface area contributed by atoms with Gasteiger partial charge in [-0.2, -0.15) is 5.26 Å². The van der Waals surface area contributed by atoms with E-state index in [4.69, 9.17) is 5.26 Å². The van der Waals surface area contributed by atoms with Crippen LogP contribution in [0, 0.1) is 17.1 Å². The topological polar surface area (TPSA) is 52.9 Å². The van der Waals surface area contributed by atoms with Crippen LogP contribution in [0.1, 0.15) is 24.0 Å². The molecule has 0 amide bonds. The average molecular weight is 266 g/mol. The third-order valence-electron chi connectivity index (χ3n) is 3.14. The van der Waals surface area contributed by atoms with Crippen LogP contribution in [0.15, 0.2) is 18.2 Å². The molecule has 0 bridgehead atoms. The van der Waals surface area contributed by atoms with Crippen LogP contribution in [-0.4, -0.2) is 21.8 Å². The Morgan fingerprint density at radius 2 is 2.17 bits per heavy atom. The number of nitrogens with one attached hydrogen (secondary N) is 1. The first kappa shape index (κ1) is 13.2. The molecule has 1 aliphatic rings. The van der Waals surface area contributed by atoms with Gasteiger partial charge < -0.3 is 5.32 Å². The van der Waals surface area contributed by atoms with Gasteiger partial charge in [0.25, 0.3) is 0 Å². The predicted octanol–water partition coefficient (Wildman–Crippen LogP) is 1.70. The lowest BCUT2D eigenvalue weighted by Gasteiger charge is -2.22. The fourth-order valence-corrected chi connectivity index (χ4v) is 3.33. The molecule has 1 heterocycles. The van der Waals surface area contributed by atoms with Gasteiger partial charge in [-0.25, -0.2) is 4.39 Å². The smallest absolute Gasteiger partial charge is 0.127 e. The summed E-state index contributed by atoms with van der Waals surface area (Å²) in [6.07, 6.45) is 1.73. The van der Waals surface area contributed by atoms with Crippen molar-refractivity contribution in [3.63, 3.8) is 0 Å². The fraction of sp³-hybridized carbons (Fsp3) is 0.462. The van der Waals surface area contributed by atoms with E-state index in [0.29, 0.717) is 23.7 Å². The van der Waals surface area contributed by atoms with Crippen molar-refractivity contribution < 1.29 is 8.60 Å². The Hall–Kier alpha value is -1.25. The molecule has 0 unspecified atom stereocenters. The van der Waals surface area contributed by atoms with Crippen molar-refractivity contribution in [2.45, 2.75) is 25.4 Å². The summed E-state index contributed by atoms with van der Waals surface area (Å²) in [6, 6.07) is 6.68. The van der Waals surface area contributed by atoms with E-state index < -0.39 is 10.8 Å². The van der Waals surface area contributed by atoms with Crippen LogP contribution < -0.4 is 5.32 Å². The Kier molecular flexibility index (Phi) is 4.45. The molecule has 96 valence electrons. The van der Waals surface area contributed by atoms with E-state index in [1.54, 1.807) is 6.07 Å². The van der Waals surface area contributed by atoms with Crippen LogP contribution >= 0.6 is 0 Å². The van der Waals surface area contributed by atoms with Crippen molar-refractivity contribution in [2.75, 3.05) is 11.5 Å². The summed E-state index contributed by atoms with van der Waals surface area (Å²) < 4.78 is 24.7. The maximum Gasteiger partial charge on any atom is 0.127 e. The van der Waals surface area contributed by atoms with Crippen LogP contribution in [0.4, 0.5) is 4.39 Å². The van der Waals surface area contributed by atoms with Crippen molar-refractivity contribution in [3.05, 3.63) is 35.1 Å². The van der Waals surface area contributed by atoms with E-state index >= 15 is 0 Å². The Morgan fingerprint density at radius 3 is 2.83 bits per heavy atom. The van der Waals surface area contributed by atoms with E-state index in [0.717, 1.165) is 24.3 Å². The zero-order valence-corrected chi connectivity index (χ0v) is 10.8. The molecule has 1 aromatic carbocycles. The van der Waals surface area contributed by atoms with E-state index in [1.165, 1.54) is 12.1 Å². The summed E-state index contributed by atoms with van der Waals surface area (Å²) in [7, 11) is -0.676. The maximum atomic E-state index is 13.5. The van der Waals surface area contributed by atoms with Gasteiger partial charge in [-0.05, 0) is 31.0 Å². The second-order valence-electron chi connectivity index (χ2n) is 4.42. The molecule has 1 N–H and O–H groups in total. The van der Waals surface area contributed by atoms with E-state index in [-0.39, 0.29) is 5.82 Å². The number of halogens is 1.